The minimum Gasteiger partial charge on any atom is -0.460 e. The monoisotopic (exact) mass is 469 g/mol. The molecular weight excluding hydrogens is 446 g/mol. The third-order valence-electron chi connectivity index (χ3n) is 4.68. The van der Waals surface area contributed by atoms with Crippen molar-refractivity contribution < 1.29 is 19.2 Å². The van der Waals surface area contributed by atoms with E-state index in [4.69, 9.17) is 4.74 Å². The van der Waals surface area contributed by atoms with E-state index < -0.39 is 10.9 Å². The summed E-state index contributed by atoms with van der Waals surface area (Å²) in [6.07, 6.45) is 2.43. The molecule has 0 unspecified atom stereocenters. The number of carbonyl (C=O) groups is 2. The minimum atomic E-state index is -0.706. The van der Waals surface area contributed by atoms with Crippen LogP contribution in [0.15, 0.2) is 58.8 Å². The van der Waals surface area contributed by atoms with Gasteiger partial charge in [0.2, 0.25) is 5.91 Å². The minimum absolute atomic E-state index is 0.0433. The Kier molecular flexibility index (Phi) is 8.14. The van der Waals surface area contributed by atoms with Crippen molar-refractivity contribution >= 4 is 29.3 Å². The number of carbonyl (C=O) groups excluding carboxylic acids is 2. The zero-order valence-electron chi connectivity index (χ0n) is 18.2. The Morgan fingerprint density at radius 2 is 1.97 bits per heavy atom. The van der Waals surface area contributed by atoms with Crippen LogP contribution in [0.4, 0.5) is 5.69 Å². The Morgan fingerprint density at radius 3 is 2.64 bits per heavy atom. The molecule has 0 aliphatic rings. The highest BCUT2D eigenvalue weighted by Gasteiger charge is 2.20. The SMILES string of the molecule is Cc1ccc(CCC(=O)NCCOC(=O)c2ccc(Sc3nncn3C)c([N+](=O)[O-])c2)cc1. The third-order valence-corrected chi connectivity index (χ3v) is 5.80. The van der Waals surface area contributed by atoms with Crippen LogP contribution in [0.5, 0.6) is 0 Å². The van der Waals surface area contributed by atoms with Crippen molar-refractivity contribution in [3.05, 3.63) is 75.6 Å². The van der Waals surface area contributed by atoms with Crippen LogP contribution in [0.3, 0.4) is 0 Å². The van der Waals surface area contributed by atoms with Crippen LogP contribution in [0.25, 0.3) is 0 Å². The molecular formula is C22H23N5O5S. The van der Waals surface area contributed by atoms with E-state index in [0.717, 1.165) is 22.9 Å². The lowest BCUT2D eigenvalue weighted by atomic mass is 10.1. The molecule has 0 spiro atoms. The number of amides is 1. The van der Waals surface area contributed by atoms with Gasteiger partial charge in [0.15, 0.2) is 5.16 Å². The first kappa shape index (κ1) is 23.9. The van der Waals surface area contributed by atoms with Crippen LogP contribution in [-0.2, 0) is 23.0 Å². The normalized spacial score (nSPS) is 10.6. The molecule has 0 aliphatic heterocycles. The standard InChI is InChI=1S/C22H23N5O5S/c1-15-3-5-16(6-4-15)7-10-20(28)23-11-12-32-21(29)17-8-9-19(18(13-17)27(30)31)33-22-25-24-14-26(22)2/h3-6,8-9,13-14H,7,10-12H2,1-2H3,(H,23,28). The summed E-state index contributed by atoms with van der Waals surface area (Å²) in [4.78, 5) is 35.5. The molecule has 33 heavy (non-hydrogen) atoms. The number of aryl methyl sites for hydroxylation is 3. The fraction of sp³-hybridized carbons (Fsp3) is 0.273. The van der Waals surface area contributed by atoms with Crippen molar-refractivity contribution in [3.63, 3.8) is 0 Å². The molecule has 0 fully saturated rings. The summed E-state index contributed by atoms with van der Waals surface area (Å²) in [7, 11) is 1.72. The number of nitrogens with one attached hydrogen (secondary N) is 1. The maximum Gasteiger partial charge on any atom is 0.338 e. The lowest BCUT2D eigenvalue weighted by Crippen LogP contribution is -2.28. The lowest BCUT2D eigenvalue weighted by molar-refractivity contribution is -0.387. The smallest absolute Gasteiger partial charge is 0.338 e. The Hall–Kier alpha value is -3.73. The van der Waals surface area contributed by atoms with Gasteiger partial charge in [-0.25, -0.2) is 4.79 Å². The van der Waals surface area contributed by atoms with Crippen molar-refractivity contribution in [1.82, 2.24) is 20.1 Å². The average Bonchev–Trinajstić information content (AvgIpc) is 3.20. The number of rotatable bonds is 10. The molecule has 0 radical (unpaired) electrons. The molecule has 0 saturated heterocycles. The van der Waals surface area contributed by atoms with Gasteiger partial charge in [-0.3, -0.25) is 14.9 Å². The molecule has 3 aromatic rings. The van der Waals surface area contributed by atoms with E-state index in [9.17, 15) is 19.7 Å². The molecule has 0 bridgehead atoms. The van der Waals surface area contributed by atoms with Gasteiger partial charge in [-0.15, -0.1) is 10.2 Å². The second-order valence-corrected chi connectivity index (χ2v) is 8.25. The number of benzene rings is 2. The summed E-state index contributed by atoms with van der Waals surface area (Å²) < 4.78 is 6.78. The summed E-state index contributed by atoms with van der Waals surface area (Å²) >= 11 is 1.07. The van der Waals surface area contributed by atoms with E-state index in [1.165, 1.54) is 24.5 Å². The van der Waals surface area contributed by atoms with Gasteiger partial charge in [-0.1, -0.05) is 29.8 Å². The molecule has 0 saturated carbocycles. The van der Waals surface area contributed by atoms with Crippen LogP contribution in [0.1, 0.15) is 27.9 Å². The van der Waals surface area contributed by atoms with Gasteiger partial charge in [0, 0.05) is 19.5 Å². The molecule has 11 heteroatoms. The molecule has 10 nitrogen and oxygen atoms in total. The number of nitro groups is 1. The lowest BCUT2D eigenvalue weighted by Gasteiger charge is -2.08. The molecule has 0 aliphatic carbocycles. The van der Waals surface area contributed by atoms with Crippen molar-refractivity contribution in [2.75, 3.05) is 13.2 Å². The zero-order chi connectivity index (χ0) is 23.8. The first-order valence-electron chi connectivity index (χ1n) is 10.1. The highest BCUT2D eigenvalue weighted by atomic mass is 32.2. The van der Waals surface area contributed by atoms with Gasteiger partial charge < -0.3 is 14.6 Å². The first-order valence-corrected chi connectivity index (χ1v) is 10.9. The van der Waals surface area contributed by atoms with Crippen LogP contribution in [-0.4, -0.2) is 44.7 Å². The number of ether oxygens (including phenoxy) is 1. The predicted octanol–water partition coefficient (Wildman–Crippen LogP) is 3.09. The van der Waals surface area contributed by atoms with Gasteiger partial charge in [-0.05, 0) is 42.8 Å². The molecule has 1 aromatic heterocycles. The first-order chi connectivity index (χ1) is 15.8. The van der Waals surface area contributed by atoms with Crippen molar-refractivity contribution in [1.29, 1.82) is 0 Å². The summed E-state index contributed by atoms with van der Waals surface area (Å²) in [6.45, 7) is 2.11. The van der Waals surface area contributed by atoms with Crippen molar-refractivity contribution in [3.8, 4) is 0 Å². The van der Waals surface area contributed by atoms with Crippen LogP contribution in [0, 0.1) is 17.0 Å². The van der Waals surface area contributed by atoms with Gasteiger partial charge in [0.05, 0.1) is 21.9 Å². The summed E-state index contributed by atoms with van der Waals surface area (Å²) in [5.41, 5.74) is 2.05. The number of esters is 1. The van der Waals surface area contributed by atoms with E-state index in [1.54, 1.807) is 11.6 Å². The Balaban J connectivity index is 1.48. The van der Waals surface area contributed by atoms with Gasteiger partial charge in [0.1, 0.15) is 12.9 Å². The molecule has 1 N–H and O–H groups in total. The average molecular weight is 470 g/mol. The Labute approximate surface area is 194 Å². The fourth-order valence-corrected chi connectivity index (χ4v) is 3.71. The largest absolute Gasteiger partial charge is 0.460 e. The maximum atomic E-state index is 12.3. The number of nitrogens with zero attached hydrogens (tertiary/aromatic N) is 4. The van der Waals surface area contributed by atoms with Crippen LogP contribution < -0.4 is 5.32 Å². The molecule has 1 heterocycles. The van der Waals surface area contributed by atoms with Crippen molar-refractivity contribution in [2.45, 2.75) is 29.8 Å². The van der Waals surface area contributed by atoms with E-state index in [-0.39, 0.29) is 30.3 Å². The second-order valence-electron chi connectivity index (χ2n) is 7.24. The number of hydrogen-bond acceptors (Lipinski definition) is 8. The maximum absolute atomic E-state index is 12.3. The molecule has 2 aromatic carbocycles. The Bertz CT molecular complexity index is 1150. The molecule has 3 rings (SSSR count). The van der Waals surface area contributed by atoms with Gasteiger partial charge in [-0.2, -0.15) is 0 Å². The number of nitro benzene ring substituents is 1. The number of aromatic nitrogens is 3. The summed E-state index contributed by atoms with van der Waals surface area (Å²) in [5, 5.41) is 22.3. The van der Waals surface area contributed by atoms with Crippen LogP contribution in [0.2, 0.25) is 0 Å². The highest BCUT2D eigenvalue weighted by Crippen LogP contribution is 2.34. The Morgan fingerprint density at radius 1 is 1.21 bits per heavy atom. The third kappa shape index (κ3) is 6.88. The summed E-state index contributed by atoms with van der Waals surface area (Å²) in [6, 6.07) is 12.1. The predicted molar refractivity (Wildman–Crippen MR) is 121 cm³/mol. The zero-order valence-corrected chi connectivity index (χ0v) is 19.0. The van der Waals surface area contributed by atoms with Crippen molar-refractivity contribution in [2.24, 2.45) is 7.05 Å². The topological polar surface area (TPSA) is 129 Å². The summed E-state index contributed by atoms with van der Waals surface area (Å²) in [5.74, 6) is -0.852. The highest BCUT2D eigenvalue weighted by molar-refractivity contribution is 7.99. The molecule has 1 amide bonds. The second kappa shape index (κ2) is 11.2. The quantitative estimate of drug-likeness (QED) is 0.208. The molecule has 0 atom stereocenters. The number of hydrogen-bond donors (Lipinski definition) is 1. The van der Waals surface area contributed by atoms with E-state index in [1.807, 2.05) is 31.2 Å². The van der Waals surface area contributed by atoms with Gasteiger partial charge >= 0.3 is 5.97 Å². The van der Waals surface area contributed by atoms with Gasteiger partial charge in [0.25, 0.3) is 5.69 Å². The van der Waals surface area contributed by atoms with E-state index in [0.29, 0.717) is 22.9 Å². The van der Waals surface area contributed by atoms with E-state index in [2.05, 4.69) is 15.5 Å². The fourth-order valence-electron chi connectivity index (χ4n) is 2.86. The van der Waals surface area contributed by atoms with E-state index >= 15 is 0 Å². The molecule has 172 valence electrons. The van der Waals surface area contributed by atoms with Crippen LogP contribution >= 0.6 is 11.8 Å².